The predicted molar refractivity (Wildman–Crippen MR) is 76.5 cm³/mol. The zero-order chi connectivity index (χ0) is 14.8. The molecule has 0 radical (unpaired) electrons. The third-order valence-electron chi connectivity index (χ3n) is 3.57. The number of Topliss-reactive ketones (excluding diaryl/α,β-unsaturated/α-hetero) is 1. The van der Waals surface area contributed by atoms with Crippen LogP contribution in [0.5, 0.6) is 11.5 Å². The fraction of sp³-hybridized carbons (Fsp3) is 0.235. The Morgan fingerprint density at radius 1 is 1.24 bits per heavy atom. The summed E-state index contributed by atoms with van der Waals surface area (Å²) in [7, 11) is 1.62. The third-order valence-corrected chi connectivity index (χ3v) is 3.57. The molecule has 0 fully saturated rings. The zero-order valence-electron chi connectivity index (χ0n) is 11.6. The second-order valence-electron chi connectivity index (χ2n) is 5.06. The molecule has 4 heteroatoms. The maximum Gasteiger partial charge on any atom is 0.170 e. The number of carbonyl (C=O) groups is 1. The molecule has 21 heavy (non-hydrogen) atoms. The van der Waals surface area contributed by atoms with Crippen LogP contribution in [0.4, 0.5) is 4.39 Å². The van der Waals surface area contributed by atoms with Crippen LogP contribution in [0.15, 0.2) is 42.5 Å². The molecule has 2 aromatic carbocycles. The number of fused-ring (bicyclic) bond motifs is 1. The number of halogens is 1. The SMILES string of the molecule is COc1ccc(CC2CC(=O)c3cc(F)ccc3O2)cc1. The molecule has 3 rings (SSSR count). The van der Waals surface area contributed by atoms with Gasteiger partial charge in [-0.05, 0) is 35.9 Å². The van der Waals surface area contributed by atoms with Crippen LogP contribution in [-0.2, 0) is 6.42 Å². The van der Waals surface area contributed by atoms with Gasteiger partial charge in [-0.25, -0.2) is 4.39 Å². The van der Waals surface area contributed by atoms with Gasteiger partial charge in [0.25, 0.3) is 0 Å². The summed E-state index contributed by atoms with van der Waals surface area (Å²) < 4.78 is 24.1. The highest BCUT2D eigenvalue weighted by Crippen LogP contribution is 2.29. The molecule has 108 valence electrons. The molecule has 0 saturated carbocycles. The van der Waals surface area contributed by atoms with Crippen LogP contribution in [-0.4, -0.2) is 19.0 Å². The number of carbonyl (C=O) groups excluding carboxylic acids is 1. The number of benzene rings is 2. The molecule has 0 aliphatic carbocycles. The minimum Gasteiger partial charge on any atom is -0.497 e. The summed E-state index contributed by atoms with van der Waals surface area (Å²) in [5.41, 5.74) is 1.40. The predicted octanol–water partition coefficient (Wildman–Crippen LogP) is 3.41. The lowest BCUT2D eigenvalue weighted by Gasteiger charge is -2.25. The van der Waals surface area contributed by atoms with Crippen LogP contribution in [0.2, 0.25) is 0 Å². The average Bonchev–Trinajstić information content (AvgIpc) is 2.49. The number of hydrogen-bond donors (Lipinski definition) is 0. The van der Waals surface area contributed by atoms with Gasteiger partial charge < -0.3 is 9.47 Å². The van der Waals surface area contributed by atoms with E-state index in [-0.39, 0.29) is 18.3 Å². The highest BCUT2D eigenvalue weighted by Gasteiger charge is 2.26. The Morgan fingerprint density at radius 2 is 2.00 bits per heavy atom. The van der Waals surface area contributed by atoms with Crippen molar-refractivity contribution in [3.8, 4) is 11.5 Å². The lowest BCUT2D eigenvalue weighted by atomic mass is 9.96. The Balaban J connectivity index is 1.76. The second kappa shape index (κ2) is 5.56. The lowest BCUT2D eigenvalue weighted by Crippen LogP contribution is -2.28. The fourth-order valence-corrected chi connectivity index (χ4v) is 2.50. The number of rotatable bonds is 3. The maximum atomic E-state index is 13.2. The van der Waals surface area contributed by atoms with Gasteiger partial charge in [0.15, 0.2) is 5.78 Å². The van der Waals surface area contributed by atoms with Crippen LogP contribution in [0, 0.1) is 5.82 Å². The zero-order valence-corrected chi connectivity index (χ0v) is 11.6. The Morgan fingerprint density at radius 3 is 2.71 bits per heavy atom. The smallest absolute Gasteiger partial charge is 0.170 e. The molecule has 1 aliphatic rings. The third kappa shape index (κ3) is 2.89. The van der Waals surface area contributed by atoms with E-state index in [1.54, 1.807) is 7.11 Å². The average molecular weight is 286 g/mol. The molecule has 1 unspecified atom stereocenters. The standard InChI is InChI=1S/C17H15FO3/c1-20-13-5-2-11(3-6-13)8-14-10-16(19)15-9-12(18)4-7-17(15)21-14/h2-7,9,14H,8,10H2,1H3. The van der Waals surface area contributed by atoms with E-state index >= 15 is 0 Å². The first-order valence-electron chi connectivity index (χ1n) is 6.78. The van der Waals surface area contributed by atoms with Crippen molar-refractivity contribution < 1.29 is 18.7 Å². The van der Waals surface area contributed by atoms with Crippen LogP contribution in [0.25, 0.3) is 0 Å². The summed E-state index contributed by atoms with van der Waals surface area (Å²) in [4.78, 5) is 12.1. The molecule has 0 N–H and O–H groups in total. The van der Waals surface area contributed by atoms with Crippen molar-refractivity contribution in [3.05, 3.63) is 59.4 Å². The van der Waals surface area contributed by atoms with E-state index < -0.39 is 5.82 Å². The highest BCUT2D eigenvalue weighted by atomic mass is 19.1. The van der Waals surface area contributed by atoms with Crippen LogP contribution >= 0.6 is 0 Å². The van der Waals surface area contributed by atoms with Crippen molar-refractivity contribution in [3.63, 3.8) is 0 Å². The molecule has 1 heterocycles. The van der Waals surface area contributed by atoms with E-state index in [2.05, 4.69) is 0 Å². The molecular weight excluding hydrogens is 271 g/mol. The lowest BCUT2D eigenvalue weighted by molar-refractivity contribution is 0.0850. The van der Waals surface area contributed by atoms with E-state index in [9.17, 15) is 9.18 Å². The number of ether oxygens (including phenoxy) is 2. The van der Waals surface area contributed by atoms with E-state index in [4.69, 9.17) is 9.47 Å². The first-order valence-corrected chi connectivity index (χ1v) is 6.78. The van der Waals surface area contributed by atoms with Gasteiger partial charge in [-0.3, -0.25) is 4.79 Å². The molecule has 0 amide bonds. The largest absolute Gasteiger partial charge is 0.497 e. The second-order valence-corrected chi connectivity index (χ2v) is 5.06. The Bertz CT molecular complexity index is 664. The maximum absolute atomic E-state index is 13.2. The van der Waals surface area contributed by atoms with Crippen molar-refractivity contribution in [2.24, 2.45) is 0 Å². The van der Waals surface area contributed by atoms with E-state index in [1.807, 2.05) is 24.3 Å². The highest BCUT2D eigenvalue weighted by molar-refractivity contribution is 5.99. The van der Waals surface area contributed by atoms with Gasteiger partial charge in [-0.2, -0.15) is 0 Å². The minimum atomic E-state index is -0.417. The van der Waals surface area contributed by atoms with Crippen molar-refractivity contribution >= 4 is 5.78 Å². The number of hydrogen-bond acceptors (Lipinski definition) is 3. The van der Waals surface area contributed by atoms with Gasteiger partial charge >= 0.3 is 0 Å². The monoisotopic (exact) mass is 286 g/mol. The van der Waals surface area contributed by atoms with Gasteiger partial charge in [-0.1, -0.05) is 12.1 Å². The molecule has 1 atom stereocenters. The Labute approximate surface area is 122 Å². The van der Waals surface area contributed by atoms with Gasteiger partial charge in [-0.15, -0.1) is 0 Å². The van der Waals surface area contributed by atoms with Crippen LogP contribution in [0.1, 0.15) is 22.3 Å². The summed E-state index contributed by atoms with van der Waals surface area (Å²) in [5.74, 6) is 0.764. The van der Waals surface area contributed by atoms with Crippen molar-refractivity contribution in [2.45, 2.75) is 18.9 Å². The van der Waals surface area contributed by atoms with Gasteiger partial charge in [0.05, 0.1) is 12.7 Å². The molecule has 1 aliphatic heterocycles. The molecule has 0 spiro atoms. The molecule has 3 nitrogen and oxygen atoms in total. The Kier molecular flexibility index (Phi) is 3.60. The first kappa shape index (κ1) is 13.6. The summed E-state index contributed by atoms with van der Waals surface area (Å²) in [6.45, 7) is 0. The molecule has 0 aromatic heterocycles. The number of ketones is 1. The normalized spacial score (nSPS) is 17.0. The van der Waals surface area contributed by atoms with Gasteiger partial charge in [0.2, 0.25) is 0 Å². The van der Waals surface area contributed by atoms with E-state index in [1.165, 1.54) is 18.2 Å². The van der Waals surface area contributed by atoms with E-state index in [0.717, 1.165) is 11.3 Å². The first-order chi connectivity index (χ1) is 10.2. The topological polar surface area (TPSA) is 35.5 Å². The van der Waals surface area contributed by atoms with Gasteiger partial charge in [0.1, 0.15) is 23.4 Å². The van der Waals surface area contributed by atoms with Crippen molar-refractivity contribution in [2.75, 3.05) is 7.11 Å². The molecule has 0 saturated heterocycles. The summed E-state index contributed by atoms with van der Waals surface area (Å²) in [6.07, 6.45) is 0.679. The van der Waals surface area contributed by atoms with E-state index in [0.29, 0.717) is 17.7 Å². The van der Waals surface area contributed by atoms with Crippen molar-refractivity contribution in [1.82, 2.24) is 0 Å². The summed E-state index contributed by atoms with van der Waals surface area (Å²) in [6, 6.07) is 11.7. The summed E-state index contributed by atoms with van der Waals surface area (Å²) in [5, 5.41) is 0. The summed E-state index contributed by atoms with van der Waals surface area (Å²) >= 11 is 0. The minimum absolute atomic E-state index is 0.0748. The number of methoxy groups -OCH3 is 1. The Hall–Kier alpha value is -2.36. The molecule has 2 aromatic rings. The fourth-order valence-electron chi connectivity index (χ4n) is 2.50. The molecule has 0 bridgehead atoms. The molecular formula is C17H15FO3. The van der Waals surface area contributed by atoms with Gasteiger partial charge in [0, 0.05) is 12.8 Å². The quantitative estimate of drug-likeness (QED) is 0.867. The van der Waals surface area contributed by atoms with Crippen LogP contribution < -0.4 is 9.47 Å². The van der Waals surface area contributed by atoms with Crippen LogP contribution in [0.3, 0.4) is 0 Å². The van der Waals surface area contributed by atoms with Crippen molar-refractivity contribution in [1.29, 1.82) is 0 Å².